The molecule has 3 heterocycles. The van der Waals surface area contributed by atoms with Crippen molar-refractivity contribution in [3.05, 3.63) is 48.3 Å². The van der Waals surface area contributed by atoms with E-state index in [1.54, 1.807) is 25.4 Å². The van der Waals surface area contributed by atoms with Gasteiger partial charge in [-0.3, -0.25) is 4.98 Å². The van der Waals surface area contributed by atoms with Gasteiger partial charge in [-0.1, -0.05) is 0 Å². The number of alkyl halides is 3. The van der Waals surface area contributed by atoms with Gasteiger partial charge in [-0.05, 0) is 36.7 Å². The fourth-order valence-electron chi connectivity index (χ4n) is 1.87. The van der Waals surface area contributed by atoms with Crippen molar-refractivity contribution in [3.8, 4) is 21.1 Å². The second-order valence-electron chi connectivity index (χ2n) is 4.44. The minimum absolute atomic E-state index is 0.371. The van der Waals surface area contributed by atoms with Crippen LogP contribution in [0.2, 0.25) is 0 Å². The van der Waals surface area contributed by atoms with Gasteiger partial charge in [-0.15, -0.1) is 11.3 Å². The topological polar surface area (TPSA) is 51.6 Å². The number of nitrogens with zero attached hydrogens (tertiary/aromatic N) is 4. The maximum Gasteiger partial charge on any atom is 0.381 e. The summed E-state index contributed by atoms with van der Waals surface area (Å²) in [4.78, 5) is 16.5. The summed E-state index contributed by atoms with van der Waals surface area (Å²) < 4.78 is 26.3. The van der Waals surface area contributed by atoms with Gasteiger partial charge in [0.2, 0.25) is 5.82 Å². The lowest BCUT2D eigenvalue weighted by Crippen LogP contribution is -2.09. The standard InChI is InChI=1S/C14H9ClF2N4S/c1-8-11(10-4-6-19-13(21-10)14(15,16)17)22-12(20-8)9-3-2-5-18-7-9/h2-7H,1H3. The van der Waals surface area contributed by atoms with Crippen LogP contribution in [0.1, 0.15) is 11.5 Å². The number of pyridine rings is 1. The monoisotopic (exact) mass is 338 g/mol. The van der Waals surface area contributed by atoms with Crippen LogP contribution >= 0.6 is 22.9 Å². The molecular formula is C14H9ClF2N4S. The molecule has 0 N–H and O–H groups in total. The van der Waals surface area contributed by atoms with Crippen molar-refractivity contribution in [2.45, 2.75) is 12.3 Å². The molecule has 0 aromatic carbocycles. The molecule has 112 valence electrons. The second-order valence-corrected chi connectivity index (χ2v) is 5.91. The maximum atomic E-state index is 13.1. The first-order valence-corrected chi connectivity index (χ1v) is 7.43. The number of hydrogen-bond acceptors (Lipinski definition) is 5. The van der Waals surface area contributed by atoms with Crippen LogP contribution < -0.4 is 0 Å². The number of hydrogen-bond donors (Lipinski definition) is 0. The molecule has 0 radical (unpaired) electrons. The second kappa shape index (κ2) is 5.66. The Labute approximate surface area is 133 Å². The van der Waals surface area contributed by atoms with Crippen LogP contribution in [0.15, 0.2) is 36.8 Å². The van der Waals surface area contributed by atoms with E-state index in [4.69, 9.17) is 11.6 Å². The lowest BCUT2D eigenvalue weighted by Gasteiger charge is -2.06. The molecule has 0 aliphatic rings. The summed E-state index contributed by atoms with van der Waals surface area (Å²) in [6, 6.07) is 5.25. The molecule has 0 bridgehead atoms. The van der Waals surface area contributed by atoms with Crippen molar-refractivity contribution < 1.29 is 8.78 Å². The third-order valence-corrected chi connectivity index (χ3v) is 4.24. The van der Waals surface area contributed by atoms with E-state index in [1.807, 2.05) is 12.1 Å². The molecule has 3 aromatic heterocycles. The Morgan fingerprint density at radius 2 is 2.00 bits per heavy atom. The minimum atomic E-state index is -3.60. The van der Waals surface area contributed by atoms with E-state index < -0.39 is 11.2 Å². The van der Waals surface area contributed by atoms with Gasteiger partial charge < -0.3 is 0 Å². The molecule has 8 heteroatoms. The van der Waals surface area contributed by atoms with Crippen LogP contribution in [-0.4, -0.2) is 19.9 Å². The maximum absolute atomic E-state index is 13.1. The summed E-state index contributed by atoms with van der Waals surface area (Å²) in [5.41, 5.74) is 1.93. The van der Waals surface area contributed by atoms with Crippen LogP contribution in [0, 0.1) is 6.92 Å². The molecule has 0 aliphatic carbocycles. The van der Waals surface area contributed by atoms with Gasteiger partial charge in [0.1, 0.15) is 5.01 Å². The first kappa shape index (κ1) is 14.9. The van der Waals surface area contributed by atoms with Gasteiger partial charge in [0.05, 0.1) is 16.3 Å². The van der Waals surface area contributed by atoms with Gasteiger partial charge in [-0.2, -0.15) is 8.78 Å². The quantitative estimate of drug-likeness (QED) is 0.670. The van der Waals surface area contributed by atoms with E-state index in [0.717, 1.165) is 10.6 Å². The number of aromatic nitrogens is 4. The predicted molar refractivity (Wildman–Crippen MR) is 80.9 cm³/mol. The average Bonchev–Trinajstić information content (AvgIpc) is 2.89. The summed E-state index contributed by atoms with van der Waals surface area (Å²) >= 11 is 6.34. The third-order valence-electron chi connectivity index (χ3n) is 2.85. The van der Waals surface area contributed by atoms with E-state index in [9.17, 15) is 8.78 Å². The first-order chi connectivity index (χ1) is 10.4. The van der Waals surface area contributed by atoms with Crippen molar-refractivity contribution >= 4 is 22.9 Å². The lowest BCUT2D eigenvalue weighted by molar-refractivity contribution is 0.0845. The molecule has 0 fully saturated rings. The Kier molecular flexibility index (Phi) is 3.84. The fourth-order valence-corrected chi connectivity index (χ4v) is 2.99. The fraction of sp³-hybridized carbons (Fsp3) is 0.143. The van der Waals surface area contributed by atoms with E-state index in [0.29, 0.717) is 16.3 Å². The Balaban J connectivity index is 2.05. The lowest BCUT2D eigenvalue weighted by atomic mass is 10.3. The highest BCUT2D eigenvalue weighted by molar-refractivity contribution is 7.18. The van der Waals surface area contributed by atoms with Crippen molar-refractivity contribution in [1.82, 2.24) is 19.9 Å². The summed E-state index contributed by atoms with van der Waals surface area (Å²) in [6.45, 7) is 1.80. The van der Waals surface area contributed by atoms with Gasteiger partial charge >= 0.3 is 5.38 Å². The van der Waals surface area contributed by atoms with Crippen molar-refractivity contribution in [2.75, 3.05) is 0 Å². The van der Waals surface area contributed by atoms with Crippen LogP contribution in [0.4, 0.5) is 8.78 Å². The Morgan fingerprint density at radius 1 is 1.18 bits per heavy atom. The molecule has 4 nitrogen and oxygen atoms in total. The summed E-state index contributed by atoms with van der Waals surface area (Å²) in [7, 11) is 0. The molecule has 0 atom stereocenters. The van der Waals surface area contributed by atoms with Gasteiger partial charge in [0.25, 0.3) is 0 Å². The summed E-state index contributed by atoms with van der Waals surface area (Å²) in [5.74, 6) is -0.720. The molecule has 0 saturated carbocycles. The van der Waals surface area contributed by atoms with Crippen molar-refractivity contribution in [3.63, 3.8) is 0 Å². The predicted octanol–water partition coefficient (Wildman–Crippen LogP) is 4.26. The molecule has 0 unspecified atom stereocenters. The number of aryl methyl sites for hydroxylation is 1. The zero-order chi connectivity index (χ0) is 15.7. The molecular weight excluding hydrogens is 330 g/mol. The highest BCUT2D eigenvalue weighted by Gasteiger charge is 2.32. The molecule has 0 spiro atoms. The third kappa shape index (κ3) is 2.95. The van der Waals surface area contributed by atoms with Crippen molar-refractivity contribution in [2.24, 2.45) is 0 Å². The van der Waals surface area contributed by atoms with Gasteiger partial charge in [0.15, 0.2) is 0 Å². The number of halogens is 3. The normalized spacial score (nSPS) is 11.6. The minimum Gasteiger partial charge on any atom is -0.264 e. The Morgan fingerprint density at radius 3 is 2.68 bits per heavy atom. The number of rotatable bonds is 3. The van der Waals surface area contributed by atoms with E-state index >= 15 is 0 Å². The van der Waals surface area contributed by atoms with Crippen LogP contribution in [0.3, 0.4) is 0 Å². The number of thiazole rings is 1. The average molecular weight is 339 g/mol. The highest BCUT2D eigenvalue weighted by Crippen LogP contribution is 2.35. The Bertz CT molecular complexity index is 802. The summed E-state index contributed by atoms with van der Waals surface area (Å²) in [6.07, 6.45) is 4.63. The van der Waals surface area contributed by atoms with Crippen LogP contribution in [-0.2, 0) is 5.38 Å². The van der Waals surface area contributed by atoms with E-state index in [2.05, 4.69) is 19.9 Å². The van der Waals surface area contributed by atoms with E-state index in [-0.39, 0.29) is 0 Å². The molecule has 22 heavy (non-hydrogen) atoms. The largest absolute Gasteiger partial charge is 0.381 e. The first-order valence-electron chi connectivity index (χ1n) is 6.23. The molecule has 0 saturated heterocycles. The Hall–Kier alpha value is -1.99. The van der Waals surface area contributed by atoms with E-state index in [1.165, 1.54) is 17.5 Å². The van der Waals surface area contributed by atoms with Gasteiger partial charge in [0, 0.05) is 24.2 Å². The van der Waals surface area contributed by atoms with Gasteiger partial charge in [-0.25, -0.2) is 15.0 Å². The smallest absolute Gasteiger partial charge is 0.264 e. The zero-order valence-corrected chi connectivity index (χ0v) is 12.9. The molecule has 0 amide bonds. The molecule has 3 aromatic rings. The van der Waals surface area contributed by atoms with Crippen LogP contribution in [0.5, 0.6) is 0 Å². The SMILES string of the molecule is Cc1nc(-c2cccnc2)sc1-c1ccnc(C(F)(F)Cl)n1. The highest BCUT2D eigenvalue weighted by atomic mass is 35.5. The van der Waals surface area contributed by atoms with Crippen LogP contribution in [0.25, 0.3) is 21.1 Å². The summed E-state index contributed by atoms with van der Waals surface area (Å²) in [5, 5.41) is -2.85. The van der Waals surface area contributed by atoms with Crippen molar-refractivity contribution in [1.29, 1.82) is 0 Å². The zero-order valence-electron chi connectivity index (χ0n) is 11.3. The molecule has 3 rings (SSSR count). The molecule has 0 aliphatic heterocycles.